The fourth-order valence-corrected chi connectivity index (χ4v) is 2.68. The predicted octanol–water partition coefficient (Wildman–Crippen LogP) is 6.05. The van der Waals surface area contributed by atoms with Crippen LogP contribution in [-0.4, -0.2) is 29.0 Å². The molecule has 0 fully saturated rings. The lowest BCUT2D eigenvalue weighted by Crippen LogP contribution is -2.26. The van der Waals surface area contributed by atoms with Gasteiger partial charge in [-0.2, -0.15) is 0 Å². The van der Waals surface area contributed by atoms with E-state index in [9.17, 15) is 24.3 Å². The van der Waals surface area contributed by atoms with E-state index in [1.165, 1.54) is 32.0 Å². The minimum absolute atomic E-state index is 0.0328. The summed E-state index contributed by atoms with van der Waals surface area (Å²) in [5.41, 5.74) is -0.809. The van der Waals surface area contributed by atoms with Crippen molar-refractivity contribution in [1.82, 2.24) is 0 Å². The Bertz CT molecular complexity index is 1350. The van der Waals surface area contributed by atoms with Gasteiger partial charge >= 0.3 is 23.9 Å². The summed E-state index contributed by atoms with van der Waals surface area (Å²) in [6.07, 6.45) is 0.472. The molecule has 10 nitrogen and oxygen atoms in total. The summed E-state index contributed by atoms with van der Waals surface area (Å²) in [6, 6.07) is 6.42. The molecule has 2 aromatic rings. The number of hydrogen-bond acceptors (Lipinski definition) is 10. The quantitative estimate of drug-likeness (QED) is 0.210. The van der Waals surface area contributed by atoms with Gasteiger partial charge in [0.05, 0.1) is 11.3 Å². The summed E-state index contributed by atoms with van der Waals surface area (Å²) in [5.74, 6) is -5.38. The molecule has 0 heterocycles. The van der Waals surface area contributed by atoms with E-state index in [1.807, 2.05) is 0 Å². The third kappa shape index (κ3) is 8.20. The molecule has 2 aromatic carbocycles. The lowest BCUT2D eigenvalue weighted by molar-refractivity contribution is -0.143. The molecule has 10 heteroatoms. The van der Waals surface area contributed by atoms with Gasteiger partial charge in [-0.15, -0.1) is 0 Å². The largest absolute Gasteiger partial charge is 0.508 e. The SMILES string of the molecule is C=C(C)C(=O)Oc1c(OC(=O)C(C)CC)cc(O)cc1Oc1cccc(OC(=O)C(C)(C)C)c1OC(=O)C(=C)C. The summed E-state index contributed by atoms with van der Waals surface area (Å²) in [5, 5.41) is 10.4. The lowest BCUT2D eigenvalue weighted by atomic mass is 9.97. The highest BCUT2D eigenvalue weighted by Gasteiger charge is 2.29. The molecule has 0 saturated heterocycles. The van der Waals surface area contributed by atoms with Gasteiger partial charge in [-0.05, 0) is 53.2 Å². The van der Waals surface area contributed by atoms with Crippen molar-refractivity contribution < 1.29 is 48.0 Å². The third-order valence-electron chi connectivity index (χ3n) is 5.29. The molecule has 0 aromatic heterocycles. The second kappa shape index (κ2) is 13.0. The average Bonchev–Trinajstić information content (AvgIpc) is 2.86. The molecule has 0 bridgehead atoms. The third-order valence-corrected chi connectivity index (χ3v) is 5.29. The molecule has 0 aliphatic carbocycles. The van der Waals surface area contributed by atoms with Gasteiger partial charge in [-0.25, -0.2) is 9.59 Å². The van der Waals surface area contributed by atoms with E-state index >= 15 is 0 Å². The molecule has 1 atom stereocenters. The Kier molecular flexibility index (Phi) is 10.2. The van der Waals surface area contributed by atoms with Crippen LogP contribution in [0.2, 0.25) is 0 Å². The van der Waals surface area contributed by atoms with Crippen LogP contribution in [0.1, 0.15) is 54.9 Å². The first kappa shape index (κ1) is 31.6. The maximum absolute atomic E-state index is 12.6. The fourth-order valence-electron chi connectivity index (χ4n) is 2.68. The monoisotopic (exact) mass is 554 g/mol. The number of esters is 4. The number of benzene rings is 2. The maximum Gasteiger partial charge on any atom is 0.338 e. The van der Waals surface area contributed by atoms with Gasteiger partial charge < -0.3 is 28.8 Å². The molecule has 1 N–H and O–H groups in total. The number of para-hydroxylation sites is 1. The topological polar surface area (TPSA) is 135 Å². The minimum Gasteiger partial charge on any atom is -0.508 e. The van der Waals surface area contributed by atoms with Crippen LogP contribution >= 0.6 is 0 Å². The lowest BCUT2D eigenvalue weighted by Gasteiger charge is -2.20. The average molecular weight is 555 g/mol. The summed E-state index contributed by atoms with van der Waals surface area (Å²) >= 11 is 0. The Hall–Kier alpha value is -4.60. The van der Waals surface area contributed by atoms with Crippen molar-refractivity contribution in [2.45, 2.75) is 54.9 Å². The van der Waals surface area contributed by atoms with Crippen LogP contribution in [0.5, 0.6) is 40.2 Å². The first-order chi connectivity index (χ1) is 18.5. The van der Waals surface area contributed by atoms with E-state index in [-0.39, 0.29) is 45.6 Å². The number of hydrogen-bond donors (Lipinski definition) is 1. The van der Waals surface area contributed by atoms with Crippen LogP contribution in [0, 0.1) is 11.3 Å². The van der Waals surface area contributed by atoms with Crippen LogP contribution in [0.3, 0.4) is 0 Å². The van der Waals surface area contributed by atoms with Gasteiger partial charge in [-0.1, -0.05) is 33.1 Å². The van der Waals surface area contributed by atoms with Crippen LogP contribution < -0.4 is 23.7 Å². The predicted molar refractivity (Wildman–Crippen MR) is 146 cm³/mol. The van der Waals surface area contributed by atoms with Crippen LogP contribution in [0.25, 0.3) is 0 Å². The molecule has 1 unspecified atom stereocenters. The van der Waals surface area contributed by atoms with E-state index in [2.05, 4.69) is 13.2 Å². The summed E-state index contributed by atoms with van der Waals surface area (Å²) in [4.78, 5) is 50.1. The summed E-state index contributed by atoms with van der Waals surface area (Å²) in [7, 11) is 0. The van der Waals surface area contributed by atoms with E-state index in [0.29, 0.717) is 6.42 Å². The second-order valence-electron chi connectivity index (χ2n) is 10.2. The zero-order chi connectivity index (χ0) is 30.4. The highest BCUT2D eigenvalue weighted by atomic mass is 16.6. The fraction of sp³-hybridized carbons (Fsp3) is 0.333. The zero-order valence-corrected chi connectivity index (χ0v) is 23.7. The minimum atomic E-state index is -0.893. The van der Waals surface area contributed by atoms with Crippen molar-refractivity contribution in [3.05, 3.63) is 54.6 Å². The number of rotatable bonds is 10. The van der Waals surface area contributed by atoms with Crippen LogP contribution in [0.4, 0.5) is 0 Å². The Labute approximate surface area is 233 Å². The molecule has 0 aliphatic rings. The molecule has 40 heavy (non-hydrogen) atoms. The van der Waals surface area contributed by atoms with Gasteiger partial charge in [0, 0.05) is 23.3 Å². The molecular formula is C30H34O10. The van der Waals surface area contributed by atoms with Crippen molar-refractivity contribution in [1.29, 1.82) is 0 Å². The number of aromatic hydroxyl groups is 1. The number of phenols is 1. The normalized spacial score (nSPS) is 11.6. The van der Waals surface area contributed by atoms with Gasteiger partial charge in [-0.3, -0.25) is 9.59 Å². The highest BCUT2D eigenvalue weighted by Crippen LogP contribution is 2.47. The Balaban J connectivity index is 2.71. The van der Waals surface area contributed by atoms with Crippen LogP contribution in [0.15, 0.2) is 54.6 Å². The smallest absolute Gasteiger partial charge is 0.338 e. The van der Waals surface area contributed by atoms with Crippen molar-refractivity contribution in [3.8, 4) is 40.2 Å². The van der Waals surface area contributed by atoms with E-state index in [4.69, 9.17) is 23.7 Å². The van der Waals surface area contributed by atoms with Gasteiger partial charge in [0.1, 0.15) is 5.75 Å². The number of carbonyl (C=O) groups excluding carboxylic acids is 4. The molecular weight excluding hydrogens is 520 g/mol. The van der Waals surface area contributed by atoms with E-state index in [0.717, 1.165) is 12.1 Å². The van der Waals surface area contributed by atoms with Gasteiger partial charge in [0.15, 0.2) is 23.0 Å². The van der Waals surface area contributed by atoms with E-state index in [1.54, 1.807) is 34.6 Å². The Morgan fingerprint density at radius 2 is 1.32 bits per heavy atom. The number of phenolic OH excluding ortho intramolecular Hbond substituents is 1. The summed E-state index contributed by atoms with van der Waals surface area (Å²) in [6.45, 7) is 18.3. The number of carbonyl (C=O) groups is 4. The summed E-state index contributed by atoms with van der Waals surface area (Å²) < 4.78 is 27.7. The molecule has 0 aliphatic heterocycles. The zero-order valence-electron chi connectivity index (χ0n) is 23.7. The van der Waals surface area contributed by atoms with Crippen molar-refractivity contribution in [2.24, 2.45) is 11.3 Å². The molecule has 214 valence electrons. The molecule has 0 radical (unpaired) electrons. The Morgan fingerprint density at radius 3 is 1.82 bits per heavy atom. The van der Waals surface area contributed by atoms with Crippen molar-refractivity contribution >= 4 is 23.9 Å². The van der Waals surface area contributed by atoms with Crippen molar-refractivity contribution in [2.75, 3.05) is 0 Å². The molecule has 0 spiro atoms. The molecule has 2 rings (SSSR count). The van der Waals surface area contributed by atoms with Crippen molar-refractivity contribution in [3.63, 3.8) is 0 Å². The first-order valence-electron chi connectivity index (χ1n) is 12.4. The first-order valence-corrected chi connectivity index (χ1v) is 12.4. The molecule has 0 amide bonds. The van der Waals surface area contributed by atoms with Gasteiger partial charge in [0.25, 0.3) is 0 Å². The van der Waals surface area contributed by atoms with E-state index < -0.39 is 41.0 Å². The Morgan fingerprint density at radius 1 is 0.825 bits per heavy atom. The highest BCUT2D eigenvalue weighted by molar-refractivity contribution is 5.91. The second-order valence-corrected chi connectivity index (χ2v) is 10.2. The maximum atomic E-state index is 12.6. The van der Waals surface area contributed by atoms with Crippen LogP contribution in [-0.2, 0) is 19.2 Å². The van der Waals surface area contributed by atoms with Gasteiger partial charge in [0.2, 0.25) is 11.5 Å². The molecule has 0 saturated carbocycles. The standard InChI is InChI=1S/C30H34O10/c1-10-18(6)28(34)37-23-15-19(31)14-22(25(23)40-27(33)17(4)5)36-20-12-11-13-21(38-29(35)30(7,8)9)24(20)39-26(32)16(2)3/h11-15,18,31H,2,4,10H2,1,3,5-9H3. The number of ether oxygens (including phenoxy) is 5.